The second-order valence-corrected chi connectivity index (χ2v) is 7.81. The molecule has 0 aromatic carbocycles. The second kappa shape index (κ2) is 6.67. The first-order chi connectivity index (χ1) is 11.1. The SMILES string of the molecule is COC(=O)O[C@@H]1CS[C@H]2C[C@@](CO)(NC(=O)OC(C)(C)C)C(=O)N21. The van der Waals surface area contributed by atoms with Gasteiger partial charge < -0.3 is 24.6 Å². The number of ether oxygens (including phenoxy) is 3. The normalized spacial score (nSPS) is 29.2. The second-order valence-electron chi connectivity index (χ2n) is 6.60. The summed E-state index contributed by atoms with van der Waals surface area (Å²) in [6.45, 7) is 4.51. The van der Waals surface area contributed by atoms with Crippen LogP contribution in [0.2, 0.25) is 0 Å². The third-order valence-electron chi connectivity index (χ3n) is 3.63. The fourth-order valence-electron chi connectivity index (χ4n) is 2.62. The molecule has 9 nitrogen and oxygen atoms in total. The quantitative estimate of drug-likeness (QED) is 0.704. The molecule has 2 amide bonds. The molecule has 0 aliphatic carbocycles. The lowest BCUT2D eigenvalue weighted by Gasteiger charge is -2.30. The number of amides is 2. The predicted octanol–water partition coefficient (Wildman–Crippen LogP) is 0.656. The van der Waals surface area contributed by atoms with E-state index in [1.165, 1.54) is 23.8 Å². The molecular formula is C14H22N2O7S. The van der Waals surface area contributed by atoms with Gasteiger partial charge in [-0.25, -0.2) is 9.59 Å². The van der Waals surface area contributed by atoms with Gasteiger partial charge in [0.25, 0.3) is 5.91 Å². The first kappa shape index (κ1) is 18.7. The number of alkyl carbamates (subject to hydrolysis) is 1. The Morgan fingerprint density at radius 2 is 2.12 bits per heavy atom. The van der Waals surface area contributed by atoms with Crippen LogP contribution in [0, 0.1) is 0 Å². The van der Waals surface area contributed by atoms with E-state index in [0.717, 1.165) is 0 Å². The summed E-state index contributed by atoms with van der Waals surface area (Å²) < 4.78 is 14.7. The Kier molecular flexibility index (Phi) is 5.19. The molecule has 2 aliphatic heterocycles. The maximum Gasteiger partial charge on any atom is 0.509 e. The van der Waals surface area contributed by atoms with E-state index >= 15 is 0 Å². The van der Waals surface area contributed by atoms with Gasteiger partial charge in [0, 0.05) is 6.42 Å². The summed E-state index contributed by atoms with van der Waals surface area (Å²) in [5.41, 5.74) is -2.22. The zero-order valence-corrected chi connectivity index (χ0v) is 14.8. The van der Waals surface area contributed by atoms with Crippen LogP contribution in [0.5, 0.6) is 0 Å². The standard InChI is InChI=1S/C14H22N2O7S/c1-13(2,3)23-11(19)15-14(7-17)5-9-16(10(14)18)8(6-24-9)22-12(20)21-4/h8-9,17H,5-7H2,1-4H3,(H,15,19)/t8-,9+,14+/m1/s1. The van der Waals surface area contributed by atoms with Gasteiger partial charge in [0.1, 0.15) is 11.1 Å². The van der Waals surface area contributed by atoms with Gasteiger partial charge in [-0.3, -0.25) is 9.69 Å². The number of nitrogens with zero attached hydrogens (tertiary/aromatic N) is 1. The molecule has 0 unspecified atom stereocenters. The van der Waals surface area contributed by atoms with Crippen LogP contribution < -0.4 is 5.32 Å². The van der Waals surface area contributed by atoms with Crippen molar-refractivity contribution in [2.45, 2.75) is 49.9 Å². The number of carbonyl (C=O) groups is 3. The Hall–Kier alpha value is -1.68. The number of carbonyl (C=O) groups excluding carboxylic acids is 3. The van der Waals surface area contributed by atoms with Crippen molar-refractivity contribution in [1.29, 1.82) is 0 Å². The molecule has 0 aromatic rings. The lowest BCUT2D eigenvalue weighted by Crippen LogP contribution is -2.58. The topological polar surface area (TPSA) is 114 Å². The van der Waals surface area contributed by atoms with Gasteiger partial charge >= 0.3 is 12.2 Å². The smallest absolute Gasteiger partial charge is 0.444 e. The van der Waals surface area contributed by atoms with Crippen LogP contribution in [0.15, 0.2) is 0 Å². The maximum absolute atomic E-state index is 12.8. The molecule has 2 saturated heterocycles. The van der Waals surface area contributed by atoms with Crippen LogP contribution in [-0.2, 0) is 19.0 Å². The van der Waals surface area contributed by atoms with E-state index in [2.05, 4.69) is 10.1 Å². The van der Waals surface area contributed by atoms with Crippen LogP contribution in [0.25, 0.3) is 0 Å². The number of methoxy groups -OCH3 is 1. The minimum absolute atomic E-state index is 0.188. The number of hydrogen-bond acceptors (Lipinski definition) is 8. The summed E-state index contributed by atoms with van der Waals surface area (Å²) in [4.78, 5) is 37.4. The molecule has 2 aliphatic rings. The molecule has 10 heteroatoms. The fraction of sp³-hybridized carbons (Fsp3) is 0.786. The molecule has 2 fully saturated rings. The lowest BCUT2D eigenvalue weighted by atomic mass is 9.99. The average molecular weight is 362 g/mol. The number of fused-ring (bicyclic) bond motifs is 1. The lowest BCUT2D eigenvalue weighted by molar-refractivity contribution is -0.142. The number of aliphatic hydroxyl groups excluding tert-OH is 1. The number of hydrogen-bond donors (Lipinski definition) is 2. The van der Waals surface area contributed by atoms with Gasteiger partial charge in [0.05, 0.1) is 24.8 Å². The Balaban J connectivity index is 2.12. The molecule has 3 atom stereocenters. The highest BCUT2D eigenvalue weighted by molar-refractivity contribution is 8.00. The molecule has 0 bridgehead atoms. The van der Waals surface area contributed by atoms with Crippen molar-refractivity contribution in [3.63, 3.8) is 0 Å². The first-order valence-electron chi connectivity index (χ1n) is 7.43. The van der Waals surface area contributed by atoms with E-state index in [0.29, 0.717) is 5.75 Å². The monoisotopic (exact) mass is 362 g/mol. The first-order valence-corrected chi connectivity index (χ1v) is 8.48. The molecule has 2 heterocycles. The van der Waals surface area contributed by atoms with Gasteiger partial charge in [0.15, 0.2) is 6.23 Å². The molecule has 2 rings (SSSR count). The molecule has 0 saturated carbocycles. The van der Waals surface area contributed by atoms with E-state index in [1.54, 1.807) is 20.8 Å². The Morgan fingerprint density at radius 1 is 1.46 bits per heavy atom. The molecule has 0 aromatic heterocycles. The molecule has 2 N–H and O–H groups in total. The highest BCUT2D eigenvalue weighted by Gasteiger charge is 2.58. The molecule has 136 valence electrons. The van der Waals surface area contributed by atoms with E-state index < -0.39 is 42.1 Å². The summed E-state index contributed by atoms with van der Waals surface area (Å²) in [6, 6.07) is 0. The van der Waals surface area contributed by atoms with Crippen molar-refractivity contribution in [1.82, 2.24) is 10.2 Å². The number of nitrogens with one attached hydrogen (secondary N) is 1. The summed E-state index contributed by atoms with van der Waals surface area (Å²) in [7, 11) is 1.18. The van der Waals surface area contributed by atoms with Crippen molar-refractivity contribution in [2.75, 3.05) is 19.5 Å². The van der Waals surface area contributed by atoms with Gasteiger partial charge in [-0.15, -0.1) is 11.8 Å². The zero-order valence-electron chi connectivity index (χ0n) is 14.0. The highest BCUT2D eigenvalue weighted by Crippen LogP contribution is 2.42. The Labute approximate surface area is 144 Å². The highest BCUT2D eigenvalue weighted by atomic mass is 32.2. The third kappa shape index (κ3) is 3.69. The minimum atomic E-state index is -1.49. The third-order valence-corrected chi connectivity index (χ3v) is 4.88. The van der Waals surface area contributed by atoms with Crippen molar-refractivity contribution in [2.24, 2.45) is 0 Å². The largest absolute Gasteiger partial charge is 0.509 e. The maximum atomic E-state index is 12.8. The van der Waals surface area contributed by atoms with Crippen molar-refractivity contribution >= 4 is 29.9 Å². The zero-order chi connectivity index (χ0) is 18.1. The molecule has 0 spiro atoms. The van der Waals surface area contributed by atoms with Crippen molar-refractivity contribution in [3.8, 4) is 0 Å². The predicted molar refractivity (Wildman–Crippen MR) is 84.2 cm³/mol. The molecule has 0 radical (unpaired) electrons. The number of rotatable bonds is 3. The minimum Gasteiger partial charge on any atom is -0.444 e. The summed E-state index contributed by atoms with van der Waals surface area (Å²) in [6.07, 6.45) is -2.29. The van der Waals surface area contributed by atoms with Crippen molar-refractivity contribution < 1.29 is 33.7 Å². The van der Waals surface area contributed by atoms with Crippen LogP contribution >= 0.6 is 11.8 Å². The van der Waals surface area contributed by atoms with Gasteiger partial charge in [-0.05, 0) is 20.8 Å². The van der Waals surface area contributed by atoms with Crippen molar-refractivity contribution in [3.05, 3.63) is 0 Å². The number of aliphatic hydroxyl groups is 1. The van der Waals surface area contributed by atoms with Crippen LogP contribution in [0.4, 0.5) is 9.59 Å². The van der Waals surface area contributed by atoms with Gasteiger partial charge in [-0.2, -0.15) is 0 Å². The van der Waals surface area contributed by atoms with E-state index in [1.807, 2.05) is 0 Å². The fourth-order valence-corrected chi connectivity index (χ4v) is 4.03. The number of thioether (sulfide) groups is 1. The molecular weight excluding hydrogens is 340 g/mol. The Morgan fingerprint density at radius 3 is 2.67 bits per heavy atom. The Bertz CT molecular complexity index is 536. The average Bonchev–Trinajstić information content (AvgIpc) is 2.97. The summed E-state index contributed by atoms with van der Waals surface area (Å²) >= 11 is 1.40. The van der Waals surface area contributed by atoms with Crippen LogP contribution in [0.3, 0.4) is 0 Å². The van der Waals surface area contributed by atoms with Gasteiger partial charge in [-0.1, -0.05) is 0 Å². The summed E-state index contributed by atoms with van der Waals surface area (Å²) in [5.74, 6) is -0.112. The molecule has 24 heavy (non-hydrogen) atoms. The van der Waals surface area contributed by atoms with E-state index in [-0.39, 0.29) is 11.8 Å². The van der Waals surface area contributed by atoms with E-state index in [9.17, 15) is 19.5 Å². The van der Waals surface area contributed by atoms with E-state index in [4.69, 9.17) is 9.47 Å². The summed E-state index contributed by atoms with van der Waals surface area (Å²) in [5, 5.41) is 11.9. The van der Waals surface area contributed by atoms with Gasteiger partial charge in [0.2, 0.25) is 0 Å². The van der Waals surface area contributed by atoms with Crippen LogP contribution in [0.1, 0.15) is 27.2 Å². The van der Waals surface area contributed by atoms with Crippen LogP contribution in [-0.4, -0.2) is 70.4 Å².